The molecule has 0 spiro atoms. The number of rotatable bonds is 9. The Kier molecular flexibility index (Phi) is 8.56. The molecule has 0 aromatic carbocycles. The summed E-state index contributed by atoms with van der Waals surface area (Å²) in [5.41, 5.74) is 0. The Hall–Kier alpha value is -2.79. The number of nitrogens with zero attached hydrogens (tertiary/aromatic N) is 4. The normalized spacial score (nSPS) is 23.8. The van der Waals surface area contributed by atoms with Crippen LogP contribution >= 0.6 is 0 Å². The lowest BCUT2D eigenvalue weighted by Crippen LogP contribution is -2.66. The second-order valence-corrected chi connectivity index (χ2v) is 9.19. The zero-order valence-corrected chi connectivity index (χ0v) is 19.2. The van der Waals surface area contributed by atoms with Gasteiger partial charge in [-0.1, -0.05) is 25.7 Å². The van der Waals surface area contributed by atoms with Gasteiger partial charge in [0, 0.05) is 31.8 Å². The van der Waals surface area contributed by atoms with Crippen LogP contribution in [-0.4, -0.2) is 74.6 Å². The number of nitrogens with one attached hydrogen (secondary N) is 2. The van der Waals surface area contributed by atoms with E-state index >= 15 is 0 Å². The predicted molar refractivity (Wildman–Crippen MR) is 118 cm³/mol. The predicted octanol–water partition coefficient (Wildman–Crippen LogP) is 1.87. The molecule has 2 aliphatic rings. The zero-order chi connectivity index (χ0) is 23.8. The molecular weight excluding hydrogens is 428 g/mol. The van der Waals surface area contributed by atoms with Crippen LogP contribution in [0, 0.1) is 11.8 Å². The summed E-state index contributed by atoms with van der Waals surface area (Å²) < 4.78 is 1.17. The van der Waals surface area contributed by atoms with E-state index < -0.39 is 22.5 Å². The lowest BCUT2D eigenvalue weighted by molar-refractivity contribution is -0.786. The van der Waals surface area contributed by atoms with E-state index in [0.29, 0.717) is 43.3 Å². The Labute approximate surface area is 193 Å². The highest BCUT2D eigenvalue weighted by Crippen LogP contribution is 2.35. The van der Waals surface area contributed by atoms with Crippen LogP contribution in [0.4, 0.5) is 9.59 Å². The number of aromatic nitrogens is 2. The fourth-order valence-electron chi connectivity index (χ4n) is 5.26. The van der Waals surface area contributed by atoms with E-state index in [0.717, 1.165) is 25.7 Å². The van der Waals surface area contributed by atoms with Gasteiger partial charge in [0.2, 0.25) is 6.41 Å². The van der Waals surface area contributed by atoms with Crippen LogP contribution in [0.2, 0.25) is 0 Å². The molecule has 1 aliphatic carbocycles. The molecular formula is C22H35N6O5+. The fraction of sp³-hybridized carbons (Fsp3) is 0.682. The molecule has 1 aliphatic heterocycles. The average molecular weight is 464 g/mol. The first kappa shape index (κ1) is 24.8. The number of urea groups is 2. The van der Waals surface area contributed by atoms with E-state index in [1.54, 1.807) is 23.1 Å². The van der Waals surface area contributed by atoms with Gasteiger partial charge in [-0.3, -0.25) is 14.7 Å². The van der Waals surface area contributed by atoms with Gasteiger partial charge in [0.25, 0.3) is 0 Å². The van der Waals surface area contributed by atoms with Crippen LogP contribution in [0.25, 0.3) is 0 Å². The Morgan fingerprint density at radius 2 is 2.03 bits per heavy atom. The number of hydrogen-bond donors (Lipinski definition) is 3. The van der Waals surface area contributed by atoms with Crippen LogP contribution in [0.3, 0.4) is 0 Å². The highest BCUT2D eigenvalue weighted by atomic mass is 16.5. The van der Waals surface area contributed by atoms with Crippen LogP contribution in [0.15, 0.2) is 18.5 Å². The first-order chi connectivity index (χ1) is 15.9. The monoisotopic (exact) mass is 463 g/mol. The molecule has 2 fully saturated rings. The van der Waals surface area contributed by atoms with Gasteiger partial charge in [0.05, 0.1) is 25.6 Å². The van der Waals surface area contributed by atoms with Gasteiger partial charge < -0.3 is 5.32 Å². The van der Waals surface area contributed by atoms with E-state index in [9.17, 15) is 24.4 Å². The molecule has 1 aromatic heterocycles. The highest BCUT2D eigenvalue weighted by molar-refractivity contribution is 5.95. The molecule has 2 heterocycles. The SMILES string of the molecule is C[C@@H]1CCC[N+]1(C(=O)NC(=O)NCCn1cccn1)C(=O)[C@H](CC1CCCC1)CN(O)C=O. The van der Waals surface area contributed by atoms with Crippen molar-refractivity contribution in [1.29, 1.82) is 0 Å². The number of carbonyl (C=O) groups is 4. The van der Waals surface area contributed by atoms with Crippen LogP contribution < -0.4 is 10.6 Å². The molecule has 11 heteroatoms. The standard InChI is InChI=1S/C22H34N6O5/c1-17-6-4-13-28(17,22(32)25-21(31)23-10-12-26-11-5-9-24-26)20(30)19(15-27(33)16-29)14-18-7-2-3-8-18/h5,9,11,16-19,33H,2-4,6-8,10,12-15H2,1H3,(H-,23,25,31,32)/p+1/t17-,19-,28?/m1/s1. The Morgan fingerprint density at radius 3 is 2.64 bits per heavy atom. The molecule has 6 amide bonds. The summed E-state index contributed by atoms with van der Waals surface area (Å²) >= 11 is 0. The molecule has 1 aromatic rings. The number of amides is 6. The summed E-state index contributed by atoms with van der Waals surface area (Å²) in [4.78, 5) is 50.6. The van der Waals surface area contributed by atoms with E-state index in [-0.39, 0.29) is 31.4 Å². The molecule has 11 nitrogen and oxygen atoms in total. The highest BCUT2D eigenvalue weighted by Gasteiger charge is 2.55. The Bertz CT molecular complexity index is 825. The maximum absolute atomic E-state index is 13.8. The first-order valence-electron chi connectivity index (χ1n) is 11.8. The third-order valence-electron chi connectivity index (χ3n) is 7.02. The second-order valence-electron chi connectivity index (χ2n) is 9.19. The van der Waals surface area contributed by atoms with E-state index in [1.807, 2.05) is 6.92 Å². The van der Waals surface area contributed by atoms with Crippen LogP contribution in [0.5, 0.6) is 0 Å². The molecule has 182 valence electrons. The molecule has 1 unspecified atom stereocenters. The molecule has 3 atom stereocenters. The van der Waals surface area contributed by atoms with E-state index in [1.165, 1.54) is 0 Å². The Balaban J connectivity index is 1.70. The maximum Gasteiger partial charge on any atom is 0.432 e. The molecule has 33 heavy (non-hydrogen) atoms. The van der Waals surface area contributed by atoms with Crippen molar-refractivity contribution < 1.29 is 28.9 Å². The van der Waals surface area contributed by atoms with Crippen molar-refractivity contribution in [2.45, 2.75) is 64.5 Å². The van der Waals surface area contributed by atoms with Crippen molar-refractivity contribution in [3.63, 3.8) is 0 Å². The number of carbonyl (C=O) groups excluding carboxylic acids is 4. The third-order valence-corrected chi connectivity index (χ3v) is 7.02. The van der Waals surface area contributed by atoms with Crippen molar-refractivity contribution >= 4 is 24.4 Å². The average Bonchev–Trinajstić information content (AvgIpc) is 3.55. The number of imide groups is 2. The quantitative estimate of drug-likeness (QED) is 0.222. The van der Waals surface area contributed by atoms with E-state index in [2.05, 4.69) is 15.7 Å². The van der Waals surface area contributed by atoms with Crippen molar-refractivity contribution in [2.75, 3.05) is 19.6 Å². The summed E-state index contributed by atoms with van der Waals surface area (Å²) in [6.07, 6.45) is 9.73. The van der Waals surface area contributed by atoms with Crippen LogP contribution in [-0.2, 0) is 16.1 Å². The van der Waals surface area contributed by atoms with Gasteiger partial charge in [0.15, 0.2) is 0 Å². The first-order valence-corrected chi connectivity index (χ1v) is 11.8. The van der Waals surface area contributed by atoms with Crippen molar-refractivity contribution in [1.82, 2.24) is 25.5 Å². The van der Waals surface area contributed by atoms with Crippen molar-refractivity contribution in [2.24, 2.45) is 11.8 Å². The molecule has 0 bridgehead atoms. The number of hydroxylamine groups is 2. The fourth-order valence-corrected chi connectivity index (χ4v) is 5.26. The van der Waals surface area contributed by atoms with Crippen molar-refractivity contribution in [3.05, 3.63) is 18.5 Å². The summed E-state index contributed by atoms with van der Waals surface area (Å²) in [6.45, 7) is 2.69. The molecule has 1 saturated carbocycles. The minimum Gasteiger partial charge on any atom is -0.336 e. The lowest BCUT2D eigenvalue weighted by Gasteiger charge is -2.36. The number of likely N-dealkylation sites (tertiary alicyclic amines) is 1. The van der Waals surface area contributed by atoms with Gasteiger partial charge >= 0.3 is 18.0 Å². The second kappa shape index (κ2) is 11.4. The summed E-state index contributed by atoms with van der Waals surface area (Å²) in [5, 5.41) is 19.4. The van der Waals surface area contributed by atoms with Crippen LogP contribution in [0.1, 0.15) is 51.9 Å². The minimum absolute atomic E-state index is 0.158. The van der Waals surface area contributed by atoms with Gasteiger partial charge in [-0.15, -0.1) is 0 Å². The largest absolute Gasteiger partial charge is 0.432 e. The topological polar surface area (TPSA) is 134 Å². The number of quaternary nitrogens is 1. The summed E-state index contributed by atoms with van der Waals surface area (Å²) in [5.74, 6) is -0.697. The van der Waals surface area contributed by atoms with Gasteiger partial charge in [0.1, 0.15) is 6.04 Å². The molecule has 3 N–H and O–H groups in total. The summed E-state index contributed by atoms with van der Waals surface area (Å²) in [7, 11) is 0. The third kappa shape index (κ3) is 5.97. The number of hydrogen-bond acceptors (Lipinski definition) is 6. The molecule has 0 radical (unpaired) electrons. The maximum atomic E-state index is 13.8. The summed E-state index contributed by atoms with van der Waals surface area (Å²) in [6, 6.07) is 0.149. The molecule has 1 saturated heterocycles. The smallest absolute Gasteiger partial charge is 0.336 e. The Morgan fingerprint density at radius 1 is 1.27 bits per heavy atom. The van der Waals surface area contributed by atoms with E-state index in [4.69, 9.17) is 0 Å². The van der Waals surface area contributed by atoms with Crippen molar-refractivity contribution in [3.8, 4) is 0 Å². The van der Waals surface area contributed by atoms with Gasteiger partial charge in [-0.25, -0.2) is 24.8 Å². The zero-order valence-electron chi connectivity index (χ0n) is 19.2. The lowest BCUT2D eigenvalue weighted by atomic mass is 9.91. The molecule has 3 rings (SSSR count). The minimum atomic E-state index is -0.683. The van der Waals surface area contributed by atoms with Gasteiger partial charge in [-0.05, 0) is 25.3 Å². The van der Waals surface area contributed by atoms with Gasteiger partial charge in [-0.2, -0.15) is 9.58 Å².